The lowest BCUT2D eigenvalue weighted by Gasteiger charge is -2.23. The zero-order valence-corrected chi connectivity index (χ0v) is 12.4. The number of fused-ring (bicyclic) bond motifs is 1. The first-order chi connectivity index (χ1) is 9.10. The number of hydrogen-bond acceptors (Lipinski definition) is 4. The van der Waals surface area contributed by atoms with E-state index in [1.54, 1.807) is 18.9 Å². The first-order valence-electron chi connectivity index (χ1n) is 6.49. The number of methoxy groups -OCH3 is 1. The lowest BCUT2D eigenvalue weighted by molar-refractivity contribution is 0.0571. The normalized spacial score (nSPS) is 12.0. The van der Waals surface area contributed by atoms with Crippen LogP contribution >= 0.6 is 11.8 Å². The molecule has 0 saturated heterocycles. The predicted octanol–water partition coefficient (Wildman–Crippen LogP) is 3.21. The lowest BCUT2D eigenvalue weighted by atomic mass is 10.0. The van der Waals surface area contributed by atoms with E-state index in [4.69, 9.17) is 4.74 Å². The van der Waals surface area contributed by atoms with Crippen LogP contribution in [0, 0.1) is 0 Å². The van der Waals surface area contributed by atoms with E-state index in [2.05, 4.69) is 9.97 Å². The van der Waals surface area contributed by atoms with Crippen molar-refractivity contribution in [1.82, 2.24) is 9.97 Å². The van der Waals surface area contributed by atoms with Gasteiger partial charge in [-0.05, 0) is 25.0 Å². The van der Waals surface area contributed by atoms with Crippen molar-refractivity contribution < 1.29 is 9.84 Å². The minimum atomic E-state index is -0.610. The van der Waals surface area contributed by atoms with Crippen LogP contribution in [0.1, 0.15) is 26.7 Å². The van der Waals surface area contributed by atoms with E-state index in [1.165, 1.54) is 0 Å². The molecular weight excluding hydrogens is 260 g/mol. The zero-order valence-electron chi connectivity index (χ0n) is 11.6. The number of H-pyrrole nitrogens is 1. The van der Waals surface area contributed by atoms with Crippen LogP contribution in [-0.4, -0.2) is 33.5 Å². The molecule has 0 unspecified atom stereocenters. The highest BCUT2D eigenvalue weighted by Gasteiger charge is 2.22. The summed E-state index contributed by atoms with van der Waals surface area (Å²) in [5.41, 5.74) is 1.26. The van der Waals surface area contributed by atoms with Crippen molar-refractivity contribution in [2.45, 2.75) is 37.4 Å². The van der Waals surface area contributed by atoms with E-state index in [-0.39, 0.29) is 0 Å². The third kappa shape index (κ3) is 3.22. The van der Waals surface area contributed by atoms with Crippen molar-refractivity contribution in [3.05, 3.63) is 18.2 Å². The van der Waals surface area contributed by atoms with E-state index in [1.807, 2.05) is 32.0 Å². The minimum absolute atomic E-state index is 0.610. The molecule has 5 heteroatoms. The van der Waals surface area contributed by atoms with Crippen LogP contribution in [0.3, 0.4) is 0 Å². The smallest absolute Gasteiger partial charge is 0.166 e. The molecule has 0 atom stereocenters. The maximum absolute atomic E-state index is 10.3. The number of benzene rings is 1. The summed E-state index contributed by atoms with van der Waals surface area (Å²) in [6.07, 6.45) is 1.51. The van der Waals surface area contributed by atoms with Gasteiger partial charge < -0.3 is 14.8 Å². The Morgan fingerprint density at radius 3 is 2.74 bits per heavy atom. The molecule has 0 spiro atoms. The molecular formula is C14H20N2O2S. The monoisotopic (exact) mass is 280 g/mol. The second kappa shape index (κ2) is 5.84. The van der Waals surface area contributed by atoms with Gasteiger partial charge in [-0.25, -0.2) is 4.98 Å². The Morgan fingerprint density at radius 2 is 2.11 bits per heavy atom. The molecule has 0 aliphatic carbocycles. The van der Waals surface area contributed by atoms with Gasteiger partial charge in [-0.1, -0.05) is 25.6 Å². The number of ether oxygens (including phenoxy) is 1. The van der Waals surface area contributed by atoms with Crippen molar-refractivity contribution in [2.75, 3.05) is 12.9 Å². The molecule has 2 rings (SSSR count). The second-order valence-corrected chi connectivity index (χ2v) is 5.61. The number of nitrogens with one attached hydrogen (secondary N) is 1. The van der Waals surface area contributed by atoms with Gasteiger partial charge >= 0.3 is 0 Å². The standard InChI is InChI=1S/C14H20N2O2S/c1-4-14(17,5-2)9-19-13-15-11-7-6-10(18-3)8-12(11)16-13/h6-8,17H,4-5,9H2,1-3H3,(H,15,16). The molecule has 19 heavy (non-hydrogen) atoms. The summed E-state index contributed by atoms with van der Waals surface area (Å²) in [7, 11) is 1.65. The quantitative estimate of drug-likeness (QED) is 0.798. The molecule has 2 N–H and O–H groups in total. The molecule has 4 nitrogen and oxygen atoms in total. The Balaban J connectivity index is 2.13. The molecule has 1 heterocycles. The summed E-state index contributed by atoms with van der Waals surface area (Å²) in [5.74, 6) is 1.46. The average Bonchev–Trinajstić information content (AvgIpc) is 2.86. The molecule has 0 saturated carbocycles. The van der Waals surface area contributed by atoms with Crippen LogP contribution < -0.4 is 4.74 Å². The van der Waals surface area contributed by atoms with Crippen LogP contribution in [-0.2, 0) is 0 Å². The maximum atomic E-state index is 10.3. The third-order valence-electron chi connectivity index (χ3n) is 3.46. The van der Waals surface area contributed by atoms with Gasteiger partial charge in [0.1, 0.15) is 5.75 Å². The Morgan fingerprint density at radius 1 is 1.37 bits per heavy atom. The highest BCUT2D eigenvalue weighted by Crippen LogP contribution is 2.27. The van der Waals surface area contributed by atoms with Gasteiger partial charge in [0.15, 0.2) is 5.16 Å². The van der Waals surface area contributed by atoms with Gasteiger partial charge in [-0.2, -0.15) is 0 Å². The summed E-state index contributed by atoms with van der Waals surface area (Å²) in [6, 6.07) is 5.75. The number of rotatable bonds is 6. The van der Waals surface area contributed by atoms with Crippen LogP contribution in [0.15, 0.2) is 23.4 Å². The Kier molecular flexibility index (Phi) is 4.37. The molecule has 0 fully saturated rings. The SMILES string of the molecule is CCC(O)(CC)CSc1nc2ccc(OC)cc2[nH]1. The summed E-state index contributed by atoms with van der Waals surface area (Å²) in [5, 5.41) is 11.1. The predicted molar refractivity (Wildman–Crippen MR) is 78.9 cm³/mol. The lowest BCUT2D eigenvalue weighted by Crippen LogP contribution is -2.29. The summed E-state index contributed by atoms with van der Waals surface area (Å²) in [4.78, 5) is 7.75. The summed E-state index contributed by atoms with van der Waals surface area (Å²) < 4.78 is 5.19. The minimum Gasteiger partial charge on any atom is -0.497 e. The fourth-order valence-corrected chi connectivity index (χ4v) is 2.98. The molecule has 104 valence electrons. The second-order valence-electron chi connectivity index (χ2n) is 4.65. The van der Waals surface area contributed by atoms with Gasteiger partial charge in [0.2, 0.25) is 0 Å². The van der Waals surface area contributed by atoms with Crippen molar-refractivity contribution in [3.63, 3.8) is 0 Å². The summed E-state index contributed by atoms with van der Waals surface area (Å²) in [6.45, 7) is 4.02. The topological polar surface area (TPSA) is 58.1 Å². The zero-order chi connectivity index (χ0) is 13.9. The largest absolute Gasteiger partial charge is 0.497 e. The van der Waals surface area contributed by atoms with E-state index >= 15 is 0 Å². The van der Waals surface area contributed by atoms with Crippen LogP contribution in [0.4, 0.5) is 0 Å². The maximum Gasteiger partial charge on any atom is 0.166 e. The molecule has 0 aliphatic rings. The summed E-state index contributed by atoms with van der Waals surface area (Å²) >= 11 is 1.56. The number of aromatic nitrogens is 2. The molecule has 0 radical (unpaired) electrons. The van der Waals surface area contributed by atoms with Crippen molar-refractivity contribution >= 4 is 22.8 Å². The molecule has 0 amide bonds. The van der Waals surface area contributed by atoms with Crippen LogP contribution in [0.25, 0.3) is 11.0 Å². The van der Waals surface area contributed by atoms with Crippen LogP contribution in [0.5, 0.6) is 5.75 Å². The van der Waals surface area contributed by atoms with Gasteiger partial charge in [0.05, 0.1) is 23.7 Å². The first kappa shape index (κ1) is 14.2. The number of aliphatic hydroxyl groups is 1. The van der Waals surface area contributed by atoms with Crippen molar-refractivity contribution in [1.29, 1.82) is 0 Å². The average molecular weight is 280 g/mol. The molecule has 2 aromatic rings. The van der Waals surface area contributed by atoms with E-state index in [9.17, 15) is 5.11 Å². The Hall–Kier alpha value is -1.20. The number of nitrogens with zero attached hydrogens (tertiary/aromatic N) is 1. The van der Waals surface area contributed by atoms with Gasteiger partial charge in [0.25, 0.3) is 0 Å². The fourth-order valence-electron chi connectivity index (χ4n) is 1.82. The van der Waals surface area contributed by atoms with E-state index < -0.39 is 5.60 Å². The van der Waals surface area contributed by atoms with Crippen LogP contribution in [0.2, 0.25) is 0 Å². The van der Waals surface area contributed by atoms with E-state index in [0.29, 0.717) is 5.75 Å². The fraction of sp³-hybridized carbons (Fsp3) is 0.500. The molecule has 0 bridgehead atoms. The van der Waals surface area contributed by atoms with Gasteiger partial charge in [-0.3, -0.25) is 0 Å². The first-order valence-corrected chi connectivity index (χ1v) is 7.47. The van der Waals surface area contributed by atoms with Crippen molar-refractivity contribution in [3.8, 4) is 5.75 Å². The third-order valence-corrected chi connectivity index (χ3v) is 4.61. The highest BCUT2D eigenvalue weighted by atomic mass is 32.2. The van der Waals surface area contributed by atoms with E-state index in [0.717, 1.165) is 34.8 Å². The number of imidazole rings is 1. The number of thioether (sulfide) groups is 1. The molecule has 1 aromatic carbocycles. The highest BCUT2D eigenvalue weighted by molar-refractivity contribution is 7.99. The molecule has 0 aliphatic heterocycles. The Labute approximate surface area is 117 Å². The van der Waals surface area contributed by atoms with Gasteiger partial charge in [-0.15, -0.1) is 0 Å². The van der Waals surface area contributed by atoms with Gasteiger partial charge in [0, 0.05) is 11.8 Å². The number of hydrogen-bond donors (Lipinski definition) is 2. The number of aromatic amines is 1. The Bertz CT molecular complexity index is 549. The van der Waals surface area contributed by atoms with Crippen molar-refractivity contribution in [2.24, 2.45) is 0 Å². The molecule has 1 aromatic heterocycles.